The van der Waals surface area contributed by atoms with Crippen molar-refractivity contribution >= 4 is 17.4 Å². The van der Waals surface area contributed by atoms with Crippen LogP contribution in [0, 0.1) is 0 Å². The first-order valence-electron chi connectivity index (χ1n) is 6.14. The number of carbonyl (C=O) groups excluding carboxylic acids is 1. The number of carbonyl (C=O) groups is 1. The third-order valence-electron chi connectivity index (χ3n) is 2.77. The SMILES string of the molecule is N/C(Cc1ccc(NC(=O)c2ccc(=O)[nH]c2)cc1)=N/O. The molecule has 0 aliphatic rings. The Kier molecular flexibility index (Phi) is 4.35. The number of hydrogen-bond acceptors (Lipinski definition) is 4. The molecule has 2 rings (SSSR count). The van der Waals surface area contributed by atoms with Crippen molar-refractivity contribution in [1.29, 1.82) is 0 Å². The van der Waals surface area contributed by atoms with E-state index in [1.54, 1.807) is 24.3 Å². The minimum atomic E-state index is -0.324. The summed E-state index contributed by atoms with van der Waals surface area (Å²) in [6.45, 7) is 0. The maximum Gasteiger partial charge on any atom is 0.257 e. The van der Waals surface area contributed by atoms with E-state index in [1.165, 1.54) is 18.3 Å². The number of nitrogens with two attached hydrogens (primary N) is 1. The lowest BCUT2D eigenvalue weighted by atomic mass is 10.1. The number of pyridine rings is 1. The van der Waals surface area contributed by atoms with E-state index in [-0.39, 0.29) is 17.3 Å². The molecule has 0 fully saturated rings. The van der Waals surface area contributed by atoms with Crippen molar-refractivity contribution in [2.24, 2.45) is 10.9 Å². The number of rotatable bonds is 4. The highest BCUT2D eigenvalue weighted by Crippen LogP contribution is 2.11. The molecule has 0 radical (unpaired) electrons. The minimum Gasteiger partial charge on any atom is -0.409 e. The largest absolute Gasteiger partial charge is 0.409 e. The Morgan fingerprint density at radius 3 is 2.52 bits per heavy atom. The monoisotopic (exact) mass is 286 g/mol. The van der Waals surface area contributed by atoms with E-state index in [0.717, 1.165) is 5.56 Å². The van der Waals surface area contributed by atoms with Gasteiger partial charge in [0.2, 0.25) is 5.56 Å². The van der Waals surface area contributed by atoms with Gasteiger partial charge in [-0.2, -0.15) is 0 Å². The maximum atomic E-state index is 11.9. The molecule has 7 heteroatoms. The first-order chi connectivity index (χ1) is 10.1. The van der Waals surface area contributed by atoms with Crippen LogP contribution in [0.2, 0.25) is 0 Å². The van der Waals surface area contributed by atoms with Gasteiger partial charge in [0.15, 0.2) is 0 Å². The van der Waals surface area contributed by atoms with E-state index < -0.39 is 0 Å². The van der Waals surface area contributed by atoms with Gasteiger partial charge in [0.1, 0.15) is 5.84 Å². The highest BCUT2D eigenvalue weighted by molar-refractivity contribution is 6.04. The number of aromatic amines is 1. The summed E-state index contributed by atoms with van der Waals surface area (Å²) in [6.07, 6.45) is 1.68. The molecule has 0 spiro atoms. The van der Waals surface area contributed by atoms with Gasteiger partial charge in [-0.3, -0.25) is 9.59 Å². The molecule has 0 saturated carbocycles. The second-order valence-corrected chi connectivity index (χ2v) is 4.36. The molecule has 0 bridgehead atoms. The molecule has 7 nitrogen and oxygen atoms in total. The van der Waals surface area contributed by atoms with Crippen LogP contribution >= 0.6 is 0 Å². The lowest BCUT2D eigenvalue weighted by Crippen LogP contribution is -2.15. The van der Waals surface area contributed by atoms with Gasteiger partial charge in [-0.25, -0.2) is 0 Å². The summed E-state index contributed by atoms with van der Waals surface area (Å²) in [5, 5.41) is 14.1. The van der Waals surface area contributed by atoms with Gasteiger partial charge < -0.3 is 21.2 Å². The van der Waals surface area contributed by atoms with E-state index in [2.05, 4.69) is 15.5 Å². The van der Waals surface area contributed by atoms with Gasteiger partial charge in [-0.1, -0.05) is 17.3 Å². The highest BCUT2D eigenvalue weighted by Gasteiger charge is 2.06. The van der Waals surface area contributed by atoms with E-state index in [4.69, 9.17) is 10.9 Å². The number of oxime groups is 1. The fourth-order valence-electron chi connectivity index (χ4n) is 1.71. The second kappa shape index (κ2) is 6.38. The van der Waals surface area contributed by atoms with E-state index in [1.807, 2.05) is 0 Å². The Labute approximate surface area is 120 Å². The lowest BCUT2D eigenvalue weighted by molar-refractivity contribution is 0.102. The van der Waals surface area contributed by atoms with Crippen LogP contribution in [0.25, 0.3) is 0 Å². The number of aromatic nitrogens is 1. The van der Waals surface area contributed by atoms with Gasteiger partial charge >= 0.3 is 0 Å². The number of nitrogens with zero attached hydrogens (tertiary/aromatic N) is 1. The first-order valence-corrected chi connectivity index (χ1v) is 6.14. The molecule has 0 aliphatic heterocycles. The zero-order valence-electron chi connectivity index (χ0n) is 11.0. The fourth-order valence-corrected chi connectivity index (χ4v) is 1.71. The molecule has 108 valence electrons. The Morgan fingerprint density at radius 2 is 1.95 bits per heavy atom. The second-order valence-electron chi connectivity index (χ2n) is 4.36. The van der Waals surface area contributed by atoms with Crippen molar-refractivity contribution in [2.75, 3.05) is 5.32 Å². The summed E-state index contributed by atoms with van der Waals surface area (Å²) in [5.41, 5.74) is 6.97. The molecule has 1 aromatic heterocycles. The van der Waals surface area contributed by atoms with Gasteiger partial charge in [-0.05, 0) is 23.8 Å². The smallest absolute Gasteiger partial charge is 0.257 e. The fraction of sp³-hybridized carbons (Fsp3) is 0.0714. The molecule has 1 aromatic carbocycles. The predicted molar refractivity (Wildman–Crippen MR) is 78.6 cm³/mol. The minimum absolute atomic E-state index is 0.111. The molecule has 5 N–H and O–H groups in total. The third kappa shape index (κ3) is 3.93. The van der Waals surface area contributed by atoms with Crippen molar-refractivity contribution in [3.63, 3.8) is 0 Å². The van der Waals surface area contributed by atoms with Gasteiger partial charge in [0, 0.05) is 24.4 Å². The topological polar surface area (TPSA) is 121 Å². The number of H-pyrrole nitrogens is 1. The Morgan fingerprint density at radius 1 is 1.24 bits per heavy atom. The molecule has 0 saturated heterocycles. The van der Waals surface area contributed by atoms with Crippen LogP contribution in [0.15, 0.2) is 52.5 Å². The zero-order valence-corrected chi connectivity index (χ0v) is 11.0. The number of benzene rings is 1. The maximum absolute atomic E-state index is 11.9. The Balaban J connectivity index is 2.04. The molecular weight excluding hydrogens is 272 g/mol. The van der Waals surface area contributed by atoms with Crippen LogP contribution in [-0.2, 0) is 6.42 Å². The summed E-state index contributed by atoms with van der Waals surface area (Å²) in [6, 6.07) is 9.68. The van der Waals surface area contributed by atoms with Gasteiger partial charge in [-0.15, -0.1) is 0 Å². The summed E-state index contributed by atoms with van der Waals surface area (Å²) in [5.74, 6) is -0.213. The lowest BCUT2D eigenvalue weighted by Gasteiger charge is -2.06. The zero-order chi connectivity index (χ0) is 15.2. The quantitative estimate of drug-likeness (QED) is 0.289. The third-order valence-corrected chi connectivity index (χ3v) is 2.77. The molecule has 1 amide bonds. The average Bonchev–Trinajstić information content (AvgIpc) is 2.49. The number of anilines is 1. The Bertz CT molecular complexity index is 699. The predicted octanol–water partition coefficient (Wildman–Crippen LogP) is 0.916. The van der Waals surface area contributed by atoms with E-state index in [9.17, 15) is 9.59 Å². The highest BCUT2D eigenvalue weighted by atomic mass is 16.4. The number of nitrogens with one attached hydrogen (secondary N) is 2. The standard InChI is InChI=1S/C14H14N4O3/c15-12(18-21)7-9-1-4-11(5-2-9)17-14(20)10-3-6-13(19)16-8-10/h1-6,8,21H,7H2,(H2,15,18)(H,16,19)(H,17,20). The average molecular weight is 286 g/mol. The molecule has 21 heavy (non-hydrogen) atoms. The van der Waals surface area contributed by atoms with Crippen molar-refractivity contribution in [1.82, 2.24) is 4.98 Å². The van der Waals surface area contributed by atoms with E-state index in [0.29, 0.717) is 17.7 Å². The molecule has 0 unspecified atom stereocenters. The number of amides is 1. The van der Waals surface area contributed by atoms with E-state index >= 15 is 0 Å². The van der Waals surface area contributed by atoms with Crippen LogP contribution in [0.5, 0.6) is 0 Å². The van der Waals surface area contributed by atoms with Crippen molar-refractivity contribution in [3.05, 3.63) is 64.1 Å². The van der Waals surface area contributed by atoms with Crippen molar-refractivity contribution in [3.8, 4) is 0 Å². The van der Waals surface area contributed by atoms with Crippen LogP contribution in [-0.4, -0.2) is 21.9 Å². The van der Waals surface area contributed by atoms with Crippen LogP contribution in [0.1, 0.15) is 15.9 Å². The summed E-state index contributed by atoms with van der Waals surface area (Å²) in [4.78, 5) is 25.3. The summed E-state index contributed by atoms with van der Waals surface area (Å²) < 4.78 is 0. The molecule has 2 aromatic rings. The molecular formula is C14H14N4O3. The normalized spacial score (nSPS) is 11.1. The van der Waals surface area contributed by atoms with Gasteiger partial charge in [0.05, 0.1) is 5.56 Å². The number of amidine groups is 1. The van der Waals surface area contributed by atoms with Gasteiger partial charge in [0.25, 0.3) is 5.91 Å². The molecule has 1 heterocycles. The summed E-state index contributed by atoms with van der Waals surface area (Å²) in [7, 11) is 0. The summed E-state index contributed by atoms with van der Waals surface area (Å²) >= 11 is 0. The van der Waals surface area contributed by atoms with Crippen LogP contribution in [0.4, 0.5) is 5.69 Å². The van der Waals surface area contributed by atoms with Crippen molar-refractivity contribution < 1.29 is 10.0 Å². The van der Waals surface area contributed by atoms with Crippen LogP contribution < -0.4 is 16.6 Å². The Hall–Kier alpha value is -3.09. The molecule has 0 aliphatic carbocycles. The van der Waals surface area contributed by atoms with Crippen molar-refractivity contribution in [2.45, 2.75) is 6.42 Å². The van der Waals surface area contributed by atoms with Crippen LogP contribution in [0.3, 0.4) is 0 Å². The number of hydrogen-bond donors (Lipinski definition) is 4. The molecule has 0 atom stereocenters. The first kappa shape index (κ1) is 14.3.